The minimum absolute atomic E-state index is 0.0379. The molecule has 0 radical (unpaired) electrons. The number of aryl methyl sites for hydroxylation is 2. The Kier molecular flexibility index (Phi) is 4.72. The van der Waals surface area contributed by atoms with Crippen LogP contribution >= 0.6 is 0 Å². The van der Waals surface area contributed by atoms with Gasteiger partial charge in [-0.3, -0.25) is 14.3 Å². The number of benzene rings is 1. The molecule has 2 aliphatic rings. The Hall–Kier alpha value is -2.63. The largest absolute Gasteiger partial charge is 0.351 e. The maximum Gasteiger partial charge on any atom is 0.244 e. The first-order valence-corrected chi connectivity index (χ1v) is 9.63. The van der Waals surface area contributed by atoms with Crippen LogP contribution < -0.4 is 5.32 Å². The lowest BCUT2D eigenvalue weighted by atomic mass is 9.93. The summed E-state index contributed by atoms with van der Waals surface area (Å²) in [5, 5.41) is 7.41. The van der Waals surface area contributed by atoms with E-state index in [0.717, 1.165) is 18.4 Å². The lowest BCUT2D eigenvalue weighted by Crippen LogP contribution is -2.41. The molecule has 1 N–H and O–H groups in total. The van der Waals surface area contributed by atoms with Crippen LogP contribution in [0.3, 0.4) is 0 Å². The number of carbonyl (C=O) groups excluding carboxylic acids is 2. The van der Waals surface area contributed by atoms with Gasteiger partial charge in [0.15, 0.2) is 0 Å². The average molecular weight is 366 g/mol. The predicted octanol–water partition coefficient (Wildman–Crippen LogP) is 2.02. The molecule has 27 heavy (non-hydrogen) atoms. The van der Waals surface area contributed by atoms with Gasteiger partial charge in [0.1, 0.15) is 6.54 Å². The minimum atomic E-state index is -0.0379. The number of nitrogens with one attached hydrogen (secondary N) is 1. The second-order valence-corrected chi connectivity index (χ2v) is 7.92. The summed E-state index contributed by atoms with van der Waals surface area (Å²) < 4.78 is 1.68. The monoisotopic (exact) mass is 366 g/mol. The Bertz CT molecular complexity index is 838. The number of amides is 2. The second kappa shape index (κ2) is 7.18. The highest BCUT2D eigenvalue weighted by molar-refractivity contribution is 5.82. The summed E-state index contributed by atoms with van der Waals surface area (Å²) >= 11 is 0. The number of hydrogen-bond donors (Lipinski definition) is 1. The fraction of sp³-hybridized carbons (Fsp3) is 0.476. The van der Waals surface area contributed by atoms with Gasteiger partial charge in [-0.1, -0.05) is 29.8 Å². The van der Waals surface area contributed by atoms with Crippen molar-refractivity contribution in [3.05, 3.63) is 53.3 Å². The van der Waals surface area contributed by atoms with Crippen LogP contribution in [0, 0.1) is 19.8 Å². The molecule has 1 aliphatic carbocycles. The Morgan fingerprint density at radius 3 is 2.48 bits per heavy atom. The Balaban J connectivity index is 1.49. The van der Waals surface area contributed by atoms with Crippen molar-refractivity contribution in [3.63, 3.8) is 0 Å². The summed E-state index contributed by atoms with van der Waals surface area (Å²) in [6.45, 7) is 5.43. The molecule has 2 fully saturated rings. The number of rotatable bonds is 5. The summed E-state index contributed by atoms with van der Waals surface area (Å²) in [6, 6.07) is 8.37. The SMILES string of the molecule is Cc1ccc([C@@H]2CN(C(=O)Cn3cc(C)cn3)C[C@H]2NC(=O)C2CC2)cc1. The topological polar surface area (TPSA) is 67.2 Å². The molecule has 142 valence electrons. The Labute approximate surface area is 159 Å². The molecule has 2 heterocycles. The number of nitrogens with zero attached hydrogens (tertiary/aromatic N) is 3. The molecular weight excluding hydrogens is 340 g/mol. The quantitative estimate of drug-likeness (QED) is 0.880. The first kappa shape index (κ1) is 17.8. The van der Waals surface area contributed by atoms with E-state index in [1.807, 2.05) is 18.0 Å². The van der Waals surface area contributed by atoms with Crippen molar-refractivity contribution in [1.29, 1.82) is 0 Å². The van der Waals surface area contributed by atoms with Gasteiger partial charge in [0.05, 0.1) is 12.2 Å². The number of hydrogen-bond acceptors (Lipinski definition) is 3. The van der Waals surface area contributed by atoms with E-state index >= 15 is 0 Å². The molecule has 1 aromatic heterocycles. The molecule has 2 aromatic rings. The smallest absolute Gasteiger partial charge is 0.244 e. The van der Waals surface area contributed by atoms with Crippen LogP contribution in [0.1, 0.15) is 35.4 Å². The molecule has 6 heteroatoms. The van der Waals surface area contributed by atoms with Crippen LogP contribution in [0.15, 0.2) is 36.7 Å². The van der Waals surface area contributed by atoms with Gasteiger partial charge in [-0.25, -0.2) is 0 Å². The van der Waals surface area contributed by atoms with Gasteiger partial charge >= 0.3 is 0 Å². The van der Waals surface area contributed by atoms with Gasteiger partial charge in [-0.15, -0.1) is 0 Å². The third-order valence-electron chi connectivity index (χ3n) is 5.51. The standard InChI is InChI=1S/C21H26N4O2/c1-14-3-5-16(6-4-14)18-11-24(12-19(18)23-21(27)17-7-8-17)20(26)13-25-10-15(2)9-22-25/h3-6,9-10,17-19H,7-8,11-13H2,1-2H3,(H,23,27)/t18-,19+/m0/s1. The maximum atomic E-state index is 12.8. The van der Waals surface area contributed by atoms with E-state index in [1.54, 1.807) is 10.9 Å². The Morgan fingerprint density at radius 2 is 1.85 bits per heavy atom. The summed E-state index contributed by atoms with van der Waals surface area (Å²) in [6.07, 6.45) is 5.59. The molecule has 2 atom stereocenters. The Morgan fingerprint density at radius 1 is 1.11 bits per heavy atom. The fourth-order valence-corrected chi connectivity index (χ4v) is 3.74. The van der Waals surface area contributed by atoms with Gasteiger partial charge in [0.2, 0.25) is 11.8 Å². The van der Waals surface area contributed by atoms with E-state index in [-0.39, 0.29) is 36.2 Å². The highest BCUT2D eigenvalue weighted by atomic mass is 16.2. The zero-order valence-electron chi connectivity index (χ0n) is 15.9. The predicted molar refractivity (Wildman–Crippen MR) is 102 cm³/mol. The van der Waals surface area contributed by atoms with Crippen molar-refractivity contribution in [2.45, 2.75) is 45.2 Å². The van der Waals surface area contributed by atoms with Crippen molar-refractivity contribution < 1.29 is 9.59 Å². The van der Waals surface area contributed by atoms with Crippen LogP contribution in [0.25, 0.3) is 0 Å². The summed E-state index contributed by atoms with van der Waals surface area (Å²) in [7, 11) is 0. The summed E-state index contributed by atoms with van der Waals surface area (Å²) in [5.41, 5.74) is 3.42. The van der Waals surface area contributed by atoms with Crippen LogP contribution in [0.4, 0.5) is 0 Å². The van der Waals surface area contributed by atoms with Gasteiger partial charge in [0.25, 0.3) is 0 Å². The third-order valence-corrected chi connectivity index (χ3v) is 5.51. The first-order valence-electron chi connectivity index (χ1n) is 9.63. The van der Waals surface area contributed by atoms with Crippen molar-refractivity contribution in [2.24, 2.45) is 5.92 Å². The van der Waals surface area contributed by atoms with Crippen molar-refractivity contribution in [3.8, 4) is 0 Å². The first-order chi connectivity index (χ1) is 13.0. The van der Waals surface area contributed by atoms with Crippen molar-refractivity contribution >= 4 is 11.8 Å². The molecule has 0 bridgehead atoms. The van der Waals surface area contributed by atoms with Crippen molar-refractivity contribution in [2.75, 3.05) is 13.1 Å². The van der Waals surface area contributed by atoms with E-state index in [0.29, 0.717) is 13.1 Å². The highest BCUT2D eigenvalue weighted by Crippen LogP contribution is 2.32. The molecule has 1 aliphatic heterocycles. The second-order valence-electron chi connectivity index (χ2n) is 7.92. The van der Waals surface area contributed by atoms with Gasteiger partial charge in [0, 0.05) is 31.1 Å². The molecule has 2 amide bonds. The van der Waals surface area contributed by atoms with Gasteiger partial charge < -0.3 is 10.2 Å². The maximum absolute atomic E-state index is 12.8. The average Bonchev–Trinajstić information content (AvgIpc) is 3.30. The van der Waals surface area contributed by atoms with E-state index in [4.69, 9.17) is 0 Å². The van der Waals surface area contributed by atoms with Crippen LogP contribution in [0.2, 0.25) is 0 Å². The molecule has 6 nitrogen and oxygen atoms in total. The molecule has 1 aromatic carbocycles. The van der Waals surface area contributed by atoms with Crippen LogP contribution in [-0.2, 0) is 16.1 Å². The van der Waals surface area contributed by atoms with Crippen LogP contribution in [0.5, 0.6) is 0 Å². The molecular formula is C21H26N4O2. The van der Waals surface area contributed by atoms with E-state index in [2.05, 4.69) is 41.6 Å². The number of carbonyl (C=O) groups is 2. The van der Waals surface area contributed by atoms with Crippen LogP contribution in [-0.4, -0.2) is 45.6 Å². The lowest BCUT2D eigenvalue weighted by molar-refractivity contribution is -0.131. The van der Waals surface area contributed by atoms with E-state index in [1.165, 1.54) is 11.1 Å². The molecule has 4 rings (SSSR count). The third kappa shape index (κ3) is 4.04. The zero-order chi connectivity index (χ0) is 19.0. The molecule has 0 unspecified atom stereocenters. The lowest BCUT2D eigenvalue weighted by Gasteiger charge is -2.20. The summed E-state index contributed by atoms with van der Waals surface area (Å²) in [5.74, 6) is 0.463. The van der Waals surface area contributed by atoms with E-state index < -0.39 is 0 Å². The molecule has 1 saturated heterocycles. The van der Waals surface area contributed by atoms with Gasteiger partial charge in [-0.05, 0) is 37.8 Å². The van der Waals surface area contributed by atoms with Gasteiger partial charge in [-0.2, -0.15) is 5.10 Å². The fourth-order valence-electron chi connectivity index (χ4n) is 3.74. The number of likely N-dealkylation sites (tertiary alicyclic amines) is 1. The zero-order valence-corrected chi connectivity index (χ0v) is 15.9. The van der Waals surface area contributed by atoms with E-state index in [9.17, 15) is 9.59 Å². The summed E-state index contributed by atoms with van der Waals surface area (Å²) in [4.78, 5) is 27.0. The molecule has 1 saturated carbocycles. The number of aromatic nitrogens is 2. The highest BCUT2D eigenvalue weighted by Gasteiger charge is 2.39. The minimum Gasteiger partial charge on any atom is -0.351 e. The normalized spacial score (nSPS) is 22.1. The molecule has 0 spiro atoms. The van der Waals surface area contributed by atoms with Crippen molar-refractivity contribution in [1.82, 2.24) is 20.0 Å².